The van der Waals surface area contributed by atoms with E-state index in [-0.39, 0.29) is 0 Å². The van der Waals surface area contributed by atoms with Gasteiger partial charge in [-0.05, 0) is 43.2 Å². The van der Waals surface area contributed by atoms with E-state index in [1.54, 1.807) is 0 Å². The number of guanidine groups is 1. The van der Waals surface area contributed by atoms with Crippen molar-refractivity contribution >= 4 is 5.96 Å². The molecule has 22 heavy (non-hydrogen) atoms. The van der Waals surface area contributed by atoms with Crippen molar-refractivity contribution in [2.75, 3.05) is 13.6 Å². The van der Waals surface area contributed by atoms with Crippen molar-refractivity contribution in [2.24, 2.45) is 4.99 Å². The standard InChI is InChI=1S/C18H25N3O/c1-19-18(21-16-10-14-8-9-17(16)22-14)20-11-13-7-6-12-4-2-3-5-15(12)13/h2-5,13-14,16-17H,6-11H2,1H3,(H2,19,20,21). The van der Waals surface area contributed by atoms with Gasteiger partial charge in [0, 0.05) is 19.5 Å². The summed E-state index contributed by atoms with van der Waals surface area (Å²) in [5.41, 5.74) is 3.02. The van der Waals surface area contributed by atoms with Gasteiger partial charge in [-0.3, -0.25) is 4.99 Å². The minimum Gasteiger partial charge on any atom is -0.373 e. The monoisotopic (exact) mass is 299 g/mol. The average molecular weight is 299 g/mol. The molecule has 4 unspecified atom stereocenters. The van der Waals surface area contributed by atoms with Crippen LogP contribution in [0.25, 0.3) is 0 Å². The molecule has 4 atom stereocenters. The fourth-order valence-corrected chi connectivity index (χ4v) is 4.24. The number of ether oxygens (including phenoxy) is 1. The van der Waals surface area contributed by atoms with Gasteiger partial charge >= 0.3 is 0 Å². The van der Waals surface area contributed by atoms with Crippen LogP contribution in [0, 0.1) is 0 Å². The second-order valence-electron chi connectivity index (χ2n) is 6.75. The van der Waals surface area contributed by atoms with E-state index in [2.05, 4.69) is 39.9 Å². The molecule has 118 valence electrons. The van der Waals surface area contributed by atoms with E-state index in [1.165, 1.54) is 36.8 Å². The summed E-state index contributed by atoms with van der Waals surface area (Å²) in [5.74, 6) is 1.52. The molecule has 2 aliphatic heterocycles. The smallest absolute Gasteiger partial charge is 0.191 e. The molecule has 2 fully saturated rings. The van der Waals surface area contributed by atoms with Gasteiger partial charge in [-0.1, -0.05) is 24.3 Å². The second-order valence-corrected chi connectivity index (χ2v) is 6.75. The first-order chi connectivity index (χ1) is 10.8. The highest BCUT2D eigenvalue weighted by molar-refractivity contribution is 5.80. The predicted octanol–water partition coefficient (Wildman–Crippen LogP) is 2.20. The summed E-state index contributed by atoms with van der Waals surface area (Å²) in [6.45, 7) is 0.957. The summed E-state index contributed by atoms with van der Waals surface area (Å²) in [4.78, 5) is 4.39. The van der Waals surface area contributed by atoms with Gasteiger partial charge in [-0.2, -0.15) is 0 Å². The van der Waals surface area contributed by atoms with Crippen LogP contribution in [0.2, 0.25) is 0 Å². The molecule has 1 aromatic carbocycles. The quantitative estimate of drug-likeness (QED) is 0.664. The fourth-order valence-electron chi connectivity index (χ4n) is 4.24. The van der Waals surface area contributed by atoms with Gasteiger partial charge < -0.3 is 15.4 Å². The summed E-state index contributed by atoms with van der Waals surface area (Å²) >= 11 is 0. The number of rotatable bonds is 3. The Bertz CT molecular complexity index is 571. The number of benzene rings is 1. The van der Waals surface area contributed by atoms with E-state index >= 15 is 0 Å². The summed E-state index contributed by atoms with van der Waals surface area (Å²) < 4.78 is 5.91. The van der Waals surface area contributed by atoms with Gasteiger partial charge in [-0.25, -0.2) is 0 Å². The summed E-state index contributed by atoms with van der Waals surface area (Å²) in [6.07, 6.45) is 6.84. The second kappa shape index (κ2) is 5.92. The zero-order valence-electron chi connectivity index (χ0n) is 13.2. The lowest BCUT2D eigenvalue weighted by Crippen LogP contribution is -2.48. The Morgan fingerprint density at radius 1 is 1.27 bits per heavy atom. The van der Waals surface area contributed by atoms with Crippen molar-refractivity contribution in [1.29, 1.82) is 0 Å². The lowest BCUT2D eigenvalue weighted by atomic mass is 9.96. The van der Waals surface area contributed by atoms with Gasteiger partial charge in [0.1, 0.15) is 0 Å². The normalized spacial score (nSPS) is 33.0. The molecule has 0 aromatic heterocycles. The van der Waals surface area contributed by atoms with E-state index < -0.39 is 0 Å². The highest BCUT2D eigenvalue weighted by atomic mass is 16.5. The third-order valence-electron chi connectivity index (χ3n) is 5.42. The summed E-state index contributed by atoms with van der Waals surface area (Å²) in [7, 11) is 1.85. The lowest BCUT2D eigenvalue weighted by molar-refractivity contribution is 0.0992. The molecule has 2 N–H and O–H groups in total. The Kier molecular flexibility index (Phi) is 3.78. The molecule has 2 heterocycles. The number of hydrogen-bond acceptors (Lipinski definition) is 2. The molecule has 0 amide bonds. The number of aliphatic imine (C=N–C) groups is 1. The van der Waals surface area contributed by atoms with Crippen LogP contribution in [-0.2, 0) is 11.2 Å². The van der Waals surface area contributed by atoms with Crippen LogP contribution in [0.5, 0.6) is 0 Å². The van der Waals surface area contributed by atoms with Gasteiger partial charge in [-0.15, -0.1) is 0 Å². The molecule has 2 bridgehead atoms. The van der Waals surface area contributed by atoms with Crippen molar-refractivity contribution in [3.8, 4) is 0 Å². The minimum absolute atomic E-state index is 0.385. The molecule has 1 aromatic rings. The van der Waals surface area contributed by atoms with Crippen LogP contribution in [-0.4, -0.2) is 37.8 Å². The molecule has 4 rings (SSSR count). The van der Waals surface area contributed by atoms with Crippen LogP contribution in [0.3, 0.4) is 0 Å². The van der Waals surface area contributed by atoms with E-state index in [9.17, 15) is 0 Å². The third-order valence-corrected chi connectivity index (χ3v) is 5.42. The van der Waals surface area contributed by atoms with Crippen molar-refractivity contribution in [3.63, 3.8) is 0 Å². The molecular formula is C18H25N3O. The highest BCUT2D eigenvalue weighted by Crippen LogP contribution is 2.34. The topological polar surface area (TPSA) is 45.7 Å². The molecule has 0 spiro atoms. The van der Waals surface area contributed by atoms with Gasteiger partial charge in [0.15, 0.2) is 5.96 Å². The molecule has 0 saturated carbocycles. The maximum absolute atomic E-state index is 5.91. The lowest BCUT2D eigenvalue weighted by Gasteiger charge is -2.23. The highest BCUT2D eigenvalue weighted by Gasteiger charge is 2.41. The van der Waals surface area contributed by atoms with Crippen LogP contribution in [0.1, 0.15) is 42.7 Å². The maximum Gasteiger partial charge on any atom is 0.191 e. The van der Waals surface area contributed by atoms with Gasteiger partial charge in [0.25, 0.3) is 0 Å². The SMILES string of the molecule is CN=C(NCC1CCc2ccccc21)NC1CC2CCC1O2. The number of hydrogen-bond donors (Lipinski definition) is 2. The Balaban J connectivity index is 1.33. The molecule has 4 nitrogen and oxygen atoms in total. The Hall–Kier alpha value is -1.55. The minimum atomic E-state index is 0.385. The Morgan fingerprint density at radius 2 is 2.18 bits per heavy atom. The van der Waals surface area contributed by atoms with Gasteiger partial charge in [0.2, 0.25) is 0 Å². The number of aryl methyl sites for hydroxylation is 1. The summed E-state index contributed by atoms with van der Waals surface area (Å²) in [6, 6.07) is 9.26. The van der Waals surface area contributed by atoms with Crippen molar-refractivity contribution in [1.82, 2.24) is 10.6 Å². The molecule has 0 radical (unpaired) electrons. The van der Waals surface area contributed by atoms with Crippen LogP contribution >= 0.6 is 0 Å². The molecular weight excluding hydrogens is 274 g/mol. The first kappa shape index (κ1) is 14.1. The van der Waals surface area contributed by atoms with Gasteiger partial charge in [0.05, 0.1) is 18.2 Å². The van der Waals surface area contributed by atoms with E-state index in [4.69, 9.17) is 4.74 Å². The number of nitrogens with one attached hydrogen (secondary N) is 2. The Labute approximate surface area is 132 Å². The predicted molar refractivity (Wildman–Crippen MR) is 88.3 cm³/mol. The van der Waals surface area contributed by atoms with E-state index in [0.29, 0.717) is 24.2 Å². The molecule has 1 aliphatic carbocycles. The molecule has 3 aliphatic rings. The molecule has 2 saturated heterocycles. The van der Waals surface area contributed by atoms with Crippen molar-refractivity contribution in [2.45, 2.75) is 56.3 Å². The van der Waals surface area contributed by atoms with E-state index in [0.717, 1.165) is 18.9 Å². The maximum atomic E-state index is 5.91. The zero-order chi connectivity index (χ0) is 14.9. The van der Waals surface area contributed by atoms with Crippen LogP contribution < -0.4 is 10.6 Å². The largest absolute Gasteiger partial charge is 0.373 e. The number of fused-ring (bicyclic) bond motifs is 3. The van der Waals surface area contributed by atoms with E-state index in [1.807, 2.05) is 7.05 Å². The Morgan fingerprint density at radius 3 is 2.95 bits per heavy atom. The van der Waals surface area contributed by atoms with Crippen molar-refractivity contribution in [3.05, 3.63) is 35.4 Å². The average Bonchev–Trinajstić information content (AvgIpc) is 3.26. The molecule has 4 heteroatoms. The van der Waals surface area contributed by atoms with Crippen LogP contribution in [0.4, 0.5) is 0 Å². The number of nitrogens with zero attached hydrogens (tertiary/aromatic N) is 1. The zero-order valence-corrected chi connectivity index (χ0v) is 13.2. The first-order valence-corrected chi connectivity index (χ1v) is 8.54. The third kappa shape index (κ3) is 2.60. The summed E-state index contributed by atoms with van der Waals surface area (Å²) in [5, 5.41) is 7.08. The van der Waals surface area contributed by atoms with Crippen molar-refractivity contribution < 1.29 is 4.74 Å². The fraction of sp³-hybridized carbons (Fsp3) is 0.611. The first-order valence-electron chi connectivity index (χ1n) is 8.54. The van der Waals surface area contributed by atoms with Crippen LogP contribution in [0.15, 0.2) is 29.3 Å².